The van der Waals surface area contributed by atoms with Crippen LogP contribution in [0.15, 0.2) is 35.4 Å². The normalized spacial score (nSPS) is 13.7. The van der Waals surface area contributed by atoms with E-state index in [1.54, 1.807) is 0 Å². The lowest BCUT2D eigenvalue weighted by Gasteiger charge is -2.29. The number of hydrogen-bond donors (Lipinski definition) is 0. The Labute approximate surface area is 93.6 Å². The molecule has 0 spiro atoms. The number of hydrogen-bond acceptors (Lipinski definition) is 2. The predicted octanol–water partition coefficient (Wildman–Crippen LogP) is 4.16. The third-order valence-electron chi connectivity index (χ3n) is 1.63. The molecule has 0 aromatic rings. The van der Waals surface area contributed by atoms with Crippen molar-refractivity contribution in [2.75, 3.05) is 0 Å². The van der Waals surface area contributed by atoms with Crippen LogP contribution >= 0.6 is 0 Å². The summed E-state index contributed by atoms with van der Waals surface area (Å²) in [7, 11) is 0. The molecular weight excluding hydrogens is 186 g/mol. The zero-order valence-corrected chi connectivity index (χ0v) is 10.8. The van der Waals surface area contributed by atoms with Gasteiger partial charge in [0.25, 0.3) is 0 Å². The number of allylic oxidation sites excluding steroid dienone is 1. The van der Waals surface area contributed by atoms with Gasteiger partial charge < -0.3 is 0 Å². The van der Waals surface area contributed by atoms with Crippen LogP contribution in [0.5, 0.6) is 0 Å². The molecule has 0 amide bonds. The first kappa shape index (κ1) is 13.9. The van der Waals surface area contributed by atoms with Crippen LogP contribution in [0.3, 0.4) is 0 Å². The fourth-order valence-corrected chi connectivity index (χ4v) is 0.774. The molecule has 0 aromatic heterocycles. The maximum atomic E-state index is 4.07. The lowest BCUT2D eigenvalue weighted by molar-refractivity contribution is 0.198. The van der Waals surface area contributed by atoms with Gasteiger partial charge in [0.2, 0.25) is 0 Å². The molecule has 0 aliphatic rings. The van der Waals surface area contributed by atoms with E-state index in [0.29, 0.717) is 0 Å². The summed E-state index contributed by atoms with van der Waals surface area (Å²) in [6.07, 6.45) is 5.51. The van der Waals surface area contributed by atoms with E-state index in [2.05, 4.69) is 64.5 Å². The van der Waals surface area contributed by atoms with Gasteiger partial charge in [0, 0.05) is 12.4 Å². The third-order valence-corrected chi connectivity index (χ3v) is 1.63. The first-order chi connectivity index (χ1) is 6.67. The molecule has 0 aromatic carbocycles. The molecule has 15 heavy (non-hydrogen) atoms. The fraction of sp³-hybridized carbons (Fsp3) is 0.667. The first-order valence-corrected chi connectivity index (χ1v) is 5.17. The summed E-state index contributed by atoms with van der Waals surface area (Å²) in [5.74, 6) is 0. The van der Waals surface area contributed by atoms with Crippen LogP contribution in [0.1, 0.15) is 41.5 Å². The molecule has 0 rings (SSSR count). The Morgan fingerprint density at radius 3 is 1.93 bits per heavy atom. The minimum Gasteiger partial charge on any atom is -0.249 e. The molecule has 3 nitrogen and oxygen atoms in total. The van der Waals surface area contributed by atoms with Crippen molar-refractivity contribution >= 4 is 0 Å². The van der Waals surface area contributed by atoms with Crippen LogP contribution in [0.2, 0.25) is 0 Å². The molecule has 0 aliphatic carbocycles. The number of nitrogens with zero attached hydrogens (tertiary/aromatic N) is 3. The van der Waals surface area contributed by atoms with Crippen molar-refractivity contribution in [1.29, 1.82) is 0 Å². The van der Waals surface area contributed by atoms with E-state index in [0.717, 1.165) is 0 Å². The summed E-state index contributed by atoms with van der Waals surface area (Å²) >= 11 is 0. The molecule has 0 N–H and O–H groups in total. The second-order valence-electron chi connectivity index (χ2n) is 5.58. The lowest BCUT2D eigenvalue weighted by atomic mass is 9.97. The Kier molecular flexibility index (Phi) is 4.72. The van der Waals surface area contributed by atoms with Crippen molar-refractivity contribution in [3.8, 4) is 0 Å². The molecule has 0 aliphatic heterocycles. The second kappa shape index (κ2) is 5.10. The summed E-state index contributed by atoms with van der Waals surface area (Å²) < 4.78 is 0. The molecule has 3 heteroatoms. The van der Waals surface area contributed by atoms with E-state index < -0.39 is 0 Å². The summed E-state index contributed by atoms with van der Waals surface area (Å²) in [5, 5.41) is 9.71. The zero-order chi connectivity index (χ0) is 12.1. The van der Waals surface area contributed by atoms with Gasteiger partial charge in [-0.05, 0) is 26.2 Å². The van der Waals surface area contributed by atoms with E-state index in [-0.39, 0.29) is 11.0 Å². The minimum absolute atomic E-state index is 0.0751. The molecule has 0 unspecified atom stereocenters. The maximum Gasteiger partial charge on any atom is 0.0560 e. The fourth-order valence-electron chi connectivity index (χ4n) is 0.774. The molecule has 0 bridgehead atoms. The molecule has 0 atom stereocenters. The van der Waals surface area contributed by atoms with E-state index in [4.69, 9.17) is 0 Å². The highest BCUT2D eigenvalue weighted by atomic mass is 15.6. The average molecular weight is 209 g/mol. The summed E-state index contributed by atoms with van der Waals surface area (Å²) in [4.78, 5) is 0. The summed E-state index contributed by atoms with van der Waals surface area (Å²) in [6, 6.07) is 0. The SMILES string of the molecule is C=C/N=N\N(/C=C/C(C)(C)C)C(C)(C)C. The Morgan fingerprint density at radius 1 is 1.07 bits per heavy atom. The monoisotopic (exact) mass is 209 g/mol. The Hall–Kier alpha value is -1.12. The quantitative estimate of drug-likeness (QED) is 0.506. The van der Waals surface area contributed by atoms with E-state index in [9.17, 15) is 0 Å². The first-order valence-electron chi connectivity index (χ1n) is 5.17. The van der Waals surface area contributed by atoms with Gasteiger partial charge in [-0.2, -0.15) is 0 Å². The molecule has 0 fully saturated rings. The zero-order valence-electron chi connectivity index (χ0n) is 10.8. The lowest BCUT2D eigenvalue weighted by Crippen LogP contribution is -2.32. The highest BCUT2D eigenvalue weighted by molar-refractivity contribution is 4.94. The highest BCUT2D eigenvalue weighted by Crippen LogP contribution is 2.19. The van der Waals surface area contributed by atoms with Crippen molar-refractivity contribution in [2.45, 2.75) is 47.1 Å². The van der Waals surface area contributed by atoms with Crippen LogP contribution in [-0.2, 0) is 0 Å². The van der Waals surface area contributed by atoms with Crippen molar-refractivity contribution in [1.82, 2.24) is 5.01 Å². The van der Waals surface area contributed by atoms with Crippen LogP contribution in [0, 0.1) is 5.41 Å². The van der Waals surface area contributed by atoms with Crippen LogP contribution in [-0.4, -0.2) is 10.5 Å². The predicted molar refractivity (Wildman–Crippen MR) is 65.2 cm³/mol. The Balaban J connectivity index is 4.74. The molecule has 0 radical (unpaired) electrons. The Morgan fingerprint density at radius 2 is 1.60 bits per heavy atom. The van der Waals surface area contributed by atoms with Crippen LogP contribution < -0.4 is 0 Å². The molecule has 0 saturated heterocycles. The van der Waals surface area contributed by atoms with E-state index in [1.165, 1.54) is 6.20 Å². The van der Waals surface area contributed by atoms with Gasteiger partial charge >= 0.3 is 0 Å². The molecule has 86 valence electrons. The van der Waals surface area contributed by atoms with Gasteiger partial charge in [0.15, 0.2) is 0 Å². The average Bonchev–Trinajstić information content (AvgIpc) is 1.99. The Bertz CT molecular complexity index is 251. The van der Waals surface area contributed by atoms with E-state index >= 15 is 0 Å². The van der Waals surface area contributed by atoms with Crippen LogP contribution in [0.25, 0.3) is 0 Å². The van der Waals surface area contributed by atoms with Crippen molar-refractivity contribution in [2.24, 2.45) is 15.8 Å². The topological polar surface area (TPSA) is 28.0 Å². The van der Waals surface area contributed by atoms with Gasteiger partial charge in [-0.15, -0.1) is 5.11 Å². The van der Waals surface area contributed by atoms with Crippen LogP contribution in [0.4, 0.5) is 0 Å². The van der Waals surface area contributed by atoms with Crippen molar-refractivity contribution in [3.63, 3.8) is 0 Å². The van der Waals surface area contributed by atoms with Gasteiger partial charge in [0.05, 0.1) is 5.54 Å². The van der Waals surface area contributed by atoms with Gasteiger partial charge in [0.1, 0.15) is 0 Å². The highest BCUT2D eigenvalue weighted by Gasteiger charge is 2.18. The van der Waals surface area contributed by atoms with Gasteiger partial charge in [-0.25, -0.2) is 5.01 Å². The minimum atomic E-state index is -0.0751. The molecular formula is C12H23N3. The van der Waals surface area contributed by atoms with Gasteiger partial charge in [-0.1, -0.05) is 38.6 Å². The standard InChI is InChI=1S/C12H23N3/c1-8-13-14-15(12(5,6)7)10-9-11(2,3)4/h8-10H,1H2,2-7H3/b10-9+,14-13-. The van der Waals surface area contributed by atoms with Gasteiger partial charge in [-0.3, -0.25) is 0 Å². The maximum absolute atomic E-state index is 4.07. The molecule has 0 heterocycles. The van der Waals surface area contributed by atoms with E-state index in [1.807, 2.05) is 11.2 Å². The summed E-state index contributed by atoms with van der Waals surface area (Å²) in [5.41, 5.74) is 0.0709. The number of rotatable bonds is 3. The smallest absolute Gasteiger partial charge is 0.0560 e. The third kappa shape index (κ3) is 6.89. The summed E-state index contributed by atoms with van der Waals surface area (Å²) in [6.45, 7) is 16.2. The largest absolute Gasteiger partial charge is 0.249 e. The molecule has 0 saturated carbocycles. The van der Waals surface area contributed by atoms with Crippen molar-refractivity contribution < 1.29 is 0 Å². The second-order valence-corrected chi connectivity index (χ2v) is 5.58. The van der Waals surface area contributed by atoms with Crippen molar-refractivity contribution in [3.05, 3.63) is 25.1 Å².